The highest BCUT2D eigenvalue weighted by Gasteiger charge is 2.39. The summed E-state index contributed by atoms with van der Waals surface area (Å²) in [6, 6.07) is 17.3. The van der Waals surface area contributed by atoms with Crippen molar-refractivity contribution in [3.8, 4) is 11.1 Å². The van der Waals surface area contributed by atoms with Gasteiger partial charge in [-0.2, -0.15) is 0 Å². The lowest BCUT2D eigenvalue weighted by molar-refractivity contribution is 0.0915. The standard InChI is InChI=1S/C18H19NO3S/c1-18(11-12-23(21,22)13-18)19-17(20)16-9-7-15(8-10-16)14-5-3-2-4-6-14/h2-10H,11-13H2,1H3,(H,19,20). The molecule has 1 heterocycles. The zero-order valence-corrected chi connectivity index (χ0v) is 13.8. The first-order chi connectivity index (χ1) is 10.9. The van der Waals surface area contributed by atoms with Gasteiger partial charge in [0, 0.05) is 5.56 Å². The molecule has 1 fully saturated rings. The van der Waals surface area contributed by atoms with E-state index < -0.39 is 15.4 Å². The highest BCUT2D eigenvalue weighted by atomic mass is 32.2. The molecule has 0 spiro atoms. The number of carbonyl (C=O) groups excluding carboxylic acids is 1. The summed E-state index contributed by atoms with van der Waals surface area (Å²) in [5.41, 5.74) is 1.99. The Morgan fingerprint density at radius 2 is 1.61 bits per heavy atom. The lowest BCUT2D eigenvalue weighted by atomic mass is 10.0. The third-order valence-corrected chi connectivity index (χ3v) is 6.08. The molecule has 0 aromatic heterocycles. The van der Waals surface area contributed by atoms with Crippen molar-refractivity contribution in [2.45, 2.75) is 18.9 Å². The molecule has 1 aliphatic rings. The molecular formula is C18H19NO3S. The average molecular weight is 329 g/mol. The Hall–Kier alpha value is -2.14. The Morgan fingerprint density at radius 3 is 2.17 bits per heavy atom. The van der Waals surface area contributed by atoms with Crippen LogP contribution in [0.3, 0.4) is 0 Å². The predicted molar refractivity (Wildman–Crippen MR) is 91.0 cm³/mol. The predicted octanol–water partition coefficient (Wildman–Crippen LogP) is 2.66. The van der Waals surface area contributed by atoms with Crippen molar-refractivity contribution in [2.75, 3.05) is 11.5 Å². The van der Waals surface area contributed by atoms with Crippen molar-refractivity contribution in [1.82, 2.24) is 5.32 Å². The van der Waals surface area contributed by atoms with Crippen molar-refractivity contribution in [3.63, 3.8) is 0 Å². The largest absolute Gasteiger partial charge is 0.346 e. The van der Waals surface area contributed by atoms with Crippen molar-refractivity contribution in [1.29, 1.82) is 0 Å². The number of carbonyl (C=O) groups is 1. The second-order valence-corrected chi connectivity index (χ2v) is 8.48. The molecule has 0 saturated carbocycles. The monoisotopic (exact) mass is 329 g/mol. The minimum Gasteiger partial charge on any atom is -0.346 e. The molecule has 0 aliphatic carbocycles. The summed E-state index contributed by atoms with van der Waals surface area (Å²) < 4.78 is 23.2. The third-order valence-electron chi connectivity index (χ3n) is 4.17. The van der Waals surface area contributed by atoms with Crippen LogP contribution in [-0.4, -0.2) is 31.4 Å². The summed E-state index contributed by atoms with van der Waals surface area (Å²) in [6.45, 7) is 1.79. The van der Waals surface area contributed by atoms with Crippen LogP contribution in [-0.2, 0) is 9.84 Å². The van der Waals surface area contributed by atoms with E-state index in [1.54, 1.807) is 19.1 Å². The topological polar surface area (TPSA) is 63.2 Å². The van der Waals surface area contributed by atoms with Crippen LogP contribution in [0.5, 0.6) is 0 Å². The second-order valence-electron chi connectivity index (χ2n) is 6.30. The normalized spacial score (nSPS) is 22.7. The van der Waals surface area contributed by atoms with Crippen LogP contribution in [0.25, 0.3) is 11.1 Å². The highest BCUT2D eigenvalue weighted by Crippen LogP contribution is 2.24. The molecule has 23 heavy (non-hydrogen) atoms. The zero-order chi connectivity index (χ0) is 16.5. The minimum atomic E-state index is -3.04. The van der Waals surface area contributed by atoms with E-state index in [1.165, 1.54) is 0 Å². The van der Waals surface area contributed by atoms with Crippen LogP contribution in [0.2, 0.25) is 0 Å². The van der Waals surface area contributed by atoms with Crippen LogP contribution >= 0.6 is 0 Å². The fourth-order valence-corrected chi connectivity index (χ4v) is 4.99. The molecule has 1 saturated heterocycles. The van der Waals surface area contributed by atoms with Gasteiger partial charge < -0.3 is 5.32 Å². The van der Waals surface area contributed by atoms with Crippen LogP contribution in [0.1, 0.15) is 23.7 Å². The molecule has 2 aromatic rings. The van der Waals surface area contributed by atoms with Gasteiger partial charge in [0.05, 0.1) is 17.0 Å². The number of rotatable bonds is 3. The number of hydrogen-bond donors (Lipinski definition) is 1. The van der Waals surface area contributed by atoms with E-state index in [-0.39, 0.29) is 17.4 Å². The number of hydrogen-bond acceptors (Lipinski definition) is 3. The highest BCUT2D eigenvalue weighted by molar-refractivity contribution is 7.91. The lowest BCUT2D eigenvalue weighted by Crippen LogP contribution is -2.46. The van der Waals surface area contributed by atoms with Crippen LogP contribution in [0, 0.1) is 0 Å². The first kappa shape index (κ1) is 15.7. The van der Waals surface area contributed by atoms with E-state index in [2.05, 4.69) is 5.32 Å². The first-order valence-corrected chi connectivity index (χ1v) is 9.38. The van der Waals surface area contributed by atoms with Crippen molar-refractivity contribution < 1.29 is 13.2 Å². The fraction of sp³-hybridized carbons (Fsp3) is 0.278. The maximum atomic E-state index is 12.4. The third kappa shape index (κ3) is 3.62. The van der Waals surface area contributed by atoms with Gasteiger partial charge in [0.15, 0.2) is 9.84 Å². The van der Waals surface area contributed by atoms with E-state index in [4.69, 9.17) is 0 Å². The maximum Gasteiger partial charge on any atom is 0.251 e. The van der Waals surface area contributed by atoms with Gasteiger partial charge in [0.2, 0.25) is 0 Å². The molecule has 5 heteroatoms. The van der Waals surface area contributed by atoms with Crippen LogP contribution in [0.15, 0.2) is 54.6 Å². The Bertz CT molecular complexity index is 813. The summed E-state index contributed by atoms with van der Waals surface area (Å²) in [7, 11) is -3.04. The molecule has 3 rings (SSSR count). The van der Waals surface area contributed by atoms with E-state index in [9.17, 15) is 13.2 Å². The summed E-state index contributed by atoms with van der Waals surface area (Å²) >= 11 is 0. The number of sulfone groups is 1. The molecule has 1 atom stereocenters. The van der Waals surface area contributed by atoms with Crippen LogP contribution in [0.4, 0.5) is 0 Å². The SMILES string of the molecule is CC1(NC(=O)c2ccc(-c3ccccc3)cc2)CCS(=O)(=O)C1. The van der Waals surface area contributed by atoms with Crippen molar-refractivity contribution in [3.05, 3.63) is 60.2 Å². The second kappa shape index (κ2) is 5.81. The Morgan fingerprint density at radius 1 is 1.00 bits per heavy atom. The summed E-state index contributed by atoms with van der Waals surface area (Å²) in [4.78, 5) is 12.4. The molecule has 1 N–H and O–H groups in total. The van der Waals surface area contributed by atoms with Gasteiger partial charge in [0.1, 0.15) is 0 Å². The van der Waals surface area contributed by atoms with Crippen molar-refractivity contribution >= 4 is 15.7 Å². The Labute approximate surface area is 136 Å². The maximum absolute atomic E-state index is 12.4. The molecule has 1 unspecified atom stereocenters. The average Bonchev–Trinajstić information content (AvgIpc) is 2.81. The minimum absolute atomic E-state index is 0.00778. The summed E-state index contributed by atoms with van der Waals surface area (Å²) in [5, 5.41) is 2.87. The van der Waals surface area contributed by atoms with Gasteiger partial charge in [-0.3, -0.25) is 4.79 Å². The quantitative estimate of drug-likeness (QED) is 0.941. The van der Waals surface area contributed by atoms with Crippen LogP contribution < -0.4 is 5.32 Å². The van der Waals surface area contributed by atoms with E-state index >= 15 is 0 Å². The Kier molecular flexibility index (Phi) is 3.98. The molecule has 1 amide bonds. The van der Waals surface area contributed by atoms with Gasteiger partial charge in [0.25, 0.3) is 5.91 Å². The number of benzene rings is 2. The molecule has 0 radical (unpaired) electrons. The van der Waals surface area contributed by atoms with E-state index in [0.29, 0.717) is 12.0 Å². The van der Waals surface area contributed by atoms with Gasteiger partial charge >= 0.3 is 0 Å². The van der Waals surface area contributed by atoms with E-state index in [0.717, 1.165) is 11.1 Å². The fourth-order valence-electron chi connectivity index (χ4n) is 2.90. The van der Waals surface area contributed by atoms with Gasteiger partial charge in [-0.1, -0.05) is 42.5 Å². The summed E-state index contributed by atoms with van der Waals surface area (Å²) in [6.07, 6.45) is 0.461. The number of amides is 1. The first-order valence-electron chi connectivity index (χ1n) is 7.55. The Balaban J connectivity index is 1.74. The van der Waals surface area contributed by atoms with Gasteiger partial charge in [-0.25, -0.2) is 8.42 Å². The molecule has 0 bridgehead atoms. The van der Waals surface area contributed by atoms with Crippen molar-refractivity contribution in [2.24, 2.45) is 0 Å². The number of nitrogens with one attached hydrogen (secondary N) is 1. The zero-order valence-electron chi connectivity index (χ0n) is 13.0. The molecular weight excluding hydrogens is 310 g/mol. The molecule has 4 nitrogen and oxygen atoms in total. The molecule has 1 aliphatic heterocycles. The van der Waals surface area contributed by atoms with Gasteiger partial charge in [-0.05, 0) is 36.6 Å². The molecule has 2 aromatic carbocycles. The summed E-state index contributed by atoms with van der Waals surface area (Å²) in [5.74, 6) is -0.0888. The molecule has 120 valence electrons. The van der Waals surface area contributed by atoms with Gasteiger partial charge in [-0.15, -0.1) is 0 Å². The lowest BCUT2D eigenvalue weighted by Gasteiger charge is -2.23. The smallest absolute Gasteiger partial charge is 0.251 e. The van der Waals surface area contributed by atoms with E-state index in [1.807, 2.05) is 42.5 Å².